The maximum Gasteiger partial charge on any atom is 0.255 e. The average molecular weight is 362 g/mol. The molecule has 0 aromatic carbocycles. The molecule has 1 aliphatic rings. The summed E-state index contributed by atoms with van der Waals surface area (Å²) >= 11 is 0. The topological polar surface area (TPSA) is 75.9 Å². The van der Waals surface area contributed by atoms with E-state index in [-0.39, 0.29) is 5.91 Å². The van der Waals surface area contributed by atoms with Crippen LogP contribution in [-0.2, 0) is 13.1 Å². The minimum Gasteiger partial charge on any atom is -0.370 e. The van der Waals surface area contributed by atoms with E-state index in [2.05, 4.69) is 37.3 Å². The molecule has 0 saturated heterocycles. The molecule has 0 fully saturated rings. The number of rotatable bonds is 5. The largest absolute Gasteiger partial charge is 0.370 e. The minimum atomic E-state index is 0.00207. The summed E-state index contributed by atoms with van der Waals surface area (Å²) in [4.78, 5) is 19.2. The van der Waals surface area contributed by atoms with Crippen LogP contribution in [0.25, 0.3) is 0 Å². The molecule has 1 amide bonds. The van der Waals surface area contributed by atoms with Gasteiger partial charge in [-0.15, -0.1) is 0 Å². The van der Waals surface area contributed by atoms with E-state index >= 15 is 0 Å². The number of anilines is 1. The summed E-state index contributed by atoms with van der Waals surface area (Å²) in [5.41, 5.74) is 1.74. The molecule has 0 saturated carbocycles. The fourth-order valence-electron chi connectivity index (χ4n) is 3.49. The second-order valence-corrected chi connectivity index (χ2v) is 6.77. The highest BCUT2D eigenvalue weighted by atomic mass is 16.2. The highest BCUT2D eigenvalue weighted by Crippen LogP contribution is 2.21. The fraction of sp³-hybridized carbons (Fsp3) is 0.300. The van der Waals surface area contributed by atoms with Gasteiger partial charge in [0.15, 0.2) is 0 Å². The molecular weight excluding hydrogens is 340 g/mol. The molecule has 7 heteroatoms. The number of hydrogen-bond acceptors (Lipinski definition) is 5. The number of aromatic nitrogens is 4. The van der Waals surface area contributed by atoms with Gasteiger partial charge in [0.1, 0.15) is 5.82 Å². The smallest absolute Gasteiger partial charge is 0.255 e. The van der Waals surface area contributed by atoms with Crippen molar-refractivity contribution in [2.75, 3.05) is 18.4 Å². The van der Waals surface area contributed by atoms with Crippen molar-refractivity contribution in [1.29, 1.82) is 0 Å². The molecule has 1 atom stereocenters. The fourth-order valence-corrected chi connectivity index (χ4v) is 3.49. The second kappa shape index (κ2) is 7.99. The first kappa shape index (κ1) is 17.2. The van der Waals surface area contributed by atoms with E-state index in [0.717, 1.165) is 31.0 Å². The predicted octanol–water partition coefficient (Wildman–Crippen LogP) is 2.45. The standard InChI is InChI=1S/C20H22N6O/c27-20(17-7-10-23-24-12-17)26-14-16(13-25-11-3-4-18(25)15-26)6-9-22-19-5-1-2-8-21-19/h1-5,7-8,10-12,16H,6,9,13-15H2,(H,21,22)/t16-/m0/s1. The van der Waals surface area contributed by atoms with Crippen LogP contribution in [0, 0.1) is 5.92 Å². The Bertz CT molecular complexity index is 880. The minimum absolute atomic E-state index is 0.00207. The third-order valence-electron chi connectivity index (χ3n) is 4.85. The monoisotopic (exact) mass is 362 g/mol. The zero-order valence-corrected chi connectivity index (χ0v) is 15.0. The number of fused-ring (bicyclic) bond motifs is 1. The highest BCUT2D eigenvalue weighted by Gasteiger charge is 2.25. The van der Waals surface area contributed by atoms with Crippen molar-refractivity contribution in [2.24, 2.45) is 5.92 Å². The average Bonchev–Trinajstić information content (AvgIpc) is 3.07. The van der Waals surface area contributed by atoms with Crippen molar-refractivity contribution < 1.29 is 4.79 Å². The molecule has 3 aromatic rings. The summed E-state index contributed by atoms with van der Waals surface area (Å²) in [5, 5.41) is 11.0. The Hall–Kier alpha value is -3.22. The van der Waals surface area contributed by atoms with E-state index in [0.29, 0.717) is 24.6 Å². The summed E-state index contributed by atoms with van der Waals surface area (Å²) in [6, 6.07) is 11.7. The number of carbonyl (C=O) groups is 1. The zero-order chi connectivity index (χ0) is 18.5. The molecule has 7 nitrogen and oxygen atoms in total. The van der Waals surface area contributed by atoms with Crippen LogP contribution < -0.4 is 5.32 Å². The summed E-state index contributed by atoms with van der Waals surface area (Å²) in [6.45, 7) is 3.05. The van der Waals surface area contributed by atoms with Crippen LogP contribution >= 0.6 is 0 Å². The van der Waals surface area contributed by atoms with Crippen LogP contribution in [0.1, 0.15) is 22.5 Å². The van der Waals surface area contributed by atoms with Crippen molar-refractivity contribution in [1.82, 2.24) is 24.6 Å². The van der Waals surface area contributed by atoms with Crippen molar-refractivity contribution in [3.8, 4) is 0 Å². The number of hydrogen-bond donors (Lipinski definition) is 1. The van der Waals surface area contributed by atoms with Gasteiger partial charge in [0.05, 0.1) is 24.5 Å². The van der Waals surface area contributed by atoms with Gasteiger partial charge in [-0.1, -0.05) is 6.07 Å². The first-order chi connectivity index (χ1) is 13.3. The van der Waals surface area contributed by atoms with Gasteiger partial charge in [-0.25, -0.2) is 4.98 Å². The van der Waals surface area contributed by atoms with Gasteiger partial charge in [-0.3, -0.25) is 4.79 Å². The molecule has 0 aliphatic carbocycles. The molecular formula is C20H22N6O. The molecule has 4 heterocycles. The lowest BCUT2D eigenvalue weighted by Gasteiger charge is -2.24. The van der Waals surface area contributed by atoms with Crippen LogP contribution in [0.3, 0.4) is 0 Å². The highest BCUT2D eigenvalue weighted by molar-refractivity contribution is 5.93. The SMILES string of the molecule is O=C(c1ccnnc1)N1Cc2cccn2C[C@H](CCNc2ccccn2)C1. The van der Waals surface area contributed by atoms with Crippen molar-refractivity contribution in [3.05, 3.63) is 72.4 Å². The first-order valence-corrected chi connectivity index (χ1v) is 9.14. The maximum absolute atomic E-state index is 12.9. The molecule has 0 radical (unpaired) electrons. The molecule has 0 bridgehead atoms. The molecule has 0 unspecified atom stereocenters. The van der Waals surface area contributed by atoms with E-state index in [1.165, 1.54) is 6.20 Å². The lowest BCUT2D eigenvalue weighted by molar-refractivity contribution is 0.0719. The third kappa shape index (κ3) is 4.13. The van der Waals surface area contributed by atoms with Crippen molar-refractivity contribution in [2.45, 2.75) is 19.5 Å². The van der Waals surface area contributed by atoms with Crippen LogP contribution in [0.2, 0.25) is 0 Å². The second-order valence-electron chi connectivity index (χ2n) is 6.77. The molecule has 0 spiro atoms. The molecule has 3 aromatic heterocycles. The number of nitrogens with zero attached hydrogens (tertiary/aromatic N) is 5. The Balaban J connectivity index is 1.46. The number of amides is 1. The van der Waals surface area contributed by atoms with E-state index in [1.807, 2.05) is 29.2 Å². The van der Waals surface area contributed by atoms with E-state index in [4.69, 9.17) is 0 Å². The van der Waals surface area contributed by atoms with Crippen LogP contribution in [0.4, 0.5) is 5.82 Å². The Kier molecular flexibility index (Phi) is 5.09. The lowest BCUT2D eigenvalue weighted by Crippen LogP contribution is -2.34. The molecule has 4 rings (SSSR count). The molecule has 1 aliphatic heterocycles. The Morgan fingerprint density at radius 1 is 1.11 bits per heavy atom. The summed E-state index contributed by atoms with van der Waals surface area (Å²) in [5.74, 6) is 1.24. The van der Waals surface area contributed by atoms with Crippen LogP contribution in [0.5, 0.6) is 0 Å². The van der Waals surface area contributed by atoms with Gasteiger partial charge in [0.2, 0.25) is 0 Å². The summed E-state index contributed by atoms with van der Waals surface area (Å²) in [6.07, 6.45) is 7.91. The van der Waals surface area contributed by atoms with E-state index in [1.54, 1.807) is 18.5 Å². The van der Waals surface area contributed by atoms with Gasteiger partial charge >= 0.3 is 0 Å². The van der Waals surface area contributed by atoms with Gasteiger partial charge in [-0.2, -0.15) is 10.2 Å². The van der Waals surface area contributed by atoms with Crippen LogP contribution in [-0.4, -0.2) is 43.6 Å². The molecule has 27 heavy (non-hydrogen) atoms. The summed E-state index contributed by atoms with van der Waals surface area (Å²) < 4.78 is 2.25. The Morgan fingerprint density at radius 2 is 2.07 bits per heavy atom. The Labute approximate surface area is 158 Å². The zero-order valence-electron chi connectivity index (χ0n) is 15.0. The number of carbonyl (C=O) groups excluding carboxylic acids is 1. The van der Waals surface area contributed by atoms with Gasteiger partial charge in [0, 0.05) is 37.7 Å². The normalized spacial score (nSPS) is 16.4. The molecule has 138 valence electrons. The summed E-state index contributed by atoms with van der Waals surface area (Å²) in [7, 11) is 0. The van der Waals surface area contributed by atoms with Gasteiger partial charge < -0.3 is 14.8 Å². The first-order valence-electron chi connectivity index (χ1n) is 9.14. The maximum atomic E-state index is 12.9. The van der Waals surface area contributed by atoms with Gasteiger partial charge in [-0.05, 0) is 42.7 Å². The number of pyridine rings is 1. The van der Waals surface area contributed by atoms with Crippen LogP contribution in [0.15, 0.2) is 61.2 Å². The van der Waals surface area contributed by atoms with E-state index < -0.39 is 0 Å². The Morgan fingerprint density at radius 3 is 2.89 bits per heavy atom. The quantitative estimate of drug-likeness (QED) is 0.754. The molecule has 1 N–H and O–H groups in total. The van der Waals surface area contributed by atoms with Crippen molar-refractivity contribution in [3.63, 3.8) is 0 Å². The van der Waals surface area contributed by atoms with Gasteiger partial charge in [0.25, 0.3) is 5.91 Å². The predicted molar refractivity (Wildman–Crippen MR) is 102 cm³/mol. The van der Waals surface area contributed by atoms with E-state index in [9.17, 15) is 4.79 Å². The third-order valence-corrected chi connectivity index (χ3v) is 4.85. The van der Waals surface area contributed by atoms with Crippen molar-refractivity contribution >= 4 is 11.7 Å². The lowest BCUT2D eigenvalue weighted by atomic mass is 10.0. The number of nitrogens with one attached hydrogen (secondary N) is 1.